The molecule has 0 saturated heterocycles. The zero-order valence-corrected chi connectivity index (χ0v) is 28.8. The number of anilines is 1. The Bertz CT molecular complexity index is 1870. The standard InChI is InChI=1S/C38H40N2O9S/c1-3-4-5-6-7-24-48-32-20-12-30(13-21-32)38(45)49-33-18-8-27(9-19-33)25-40(26-35(41)42)37(44)29-10-16-31(17-11-29)39-36(43)28-14-22-34(23-15-28)50(2,46)47/h8-23H,3-7,24-26H2,1-2H3,(H,39,43)(H,41,42). The van der Waals surface area contributed by atoms with Crippen molar-refractivity contribution in [2.45, 2.75) is 50.5 Å². The first-order valence-corrected chi connectivity index (χ1v) is 18.1. The van der Waals surface area contributed by atoms with Gasteiger partial charge in [-0.1, -0.05) is 44.7 Å². The van der Waals surface area contributed by atoms with Crippen molar-refractivity contribution >= 4 is 39.3 Å². The molecule has 0 aliphatic heterocycles. The average molecular weight is 701 g/mol. The molecule has 0 aliphatic carbocycles. The molecule has 0 aliphatic rings. The molecule has 0 unspecified atom stereocenters. The fraction of sp³-hybridized carbons (Fsp3) is 0.263. The van der Waals surface area contributed by atoms with Crippen LogP contribution in [0.25, 0.3) is 0 Å². The number of carboxylic acids is 1. The molecule has 0 atom stereocenters. The van der Waals surface area contributed by atoms with Gasteiger partial charge < -0.3 is 24.8 Å². The van der Waals surface area contributed by atoms with E-state index in [0.29, 0.717) is 29.2 Å². The summed E-state index contributed by atoms with van der Waals surface area (Å²) in [6, 6.07) is 24.6. The van der Waals surface area contributed by atoms with E-state index in [1.165, 1.54) is 67.8 Å². The summed E-state index contributed by atoms with van der Waals surface area (Å²) < 4.78 is 34.6. The first-order chi connectivity index (χ1) is 23.9. The molecule has 262 valence electrons. The fourth-order valence-electron chi connectivity index (χ4n) is 4.93. The van der Waals surface area contributed by atoms with Crippen LogP contribution < -0.4 is 14.8 Å². The van der Waals surface area contributed by atoms with Crippen molar-refractivity contribution in [3.8, 4) is 11.5 Å². The van der Waals surface area contributed by atoms with Crippen molar-refractivity contribution in [1.82, 2.24) is 4.90 Å². The van der Waals surface area contributed by atoms with Crippen LogP contribution in [-0.4, -0.2) is 61.6 Å². The maximum atomic E-state index is 13.3. The van der Waals surface area contributed by atoms with Gasteiger partial charge in [-0.2, -0.15) is 0 Å². The summed E-state index contributed by atoms with van der Waals surface area (Å²) >= 11 is 0. The highest BCUT2D eigenvalue weighted by atomic mass is 32.2. The van der Waals surface area contributed by atoms with Crippen LogP contribution >= 0.6 is 0 Å². The van der Waals surface area contributed by atoms with E-state index >= 15 is 0 Å². The predicted octanol–water partition coefficient (Wildman–Crippen LogP) is 6.64. The highest BCUT2D eigenvalue weighted by Gasteiger charge is 2.20. The van der Waals surface area contributed by atoms with Gasteiger partial charge in [-0.25, -0.2) is 13.2 Å². The number of esters is 1. The molecule has 12 heteroatoms. The van der Waals surface area contributed by atoms with Crippen molar-refractivity contribution in [2.24, 2.45) is 0 Å². The van der Waals surface area contributed by atoms with Crippen LogP contribution in [0, 0.1) is 0 Å². The molecule has 0 fully saturated rings. The number of ether oxygens (including phenoxy) is 2. The predicted molar refractivity (Wildman–Crippen MR) is 188 cm³/mol. The largest absolute Gasteiger partial charge is 0.494 e. The molecule has 4 aromatic rings. The number of nitrogens with one attached hydrogen (secondary N) is 1. The van der Waals surface area contributed by atoms with E-state index in [-0.39, 0.29) is 28.3 Å². The van der Waals surface area contributed by atoms with Crippen molar-refractivity contribution in [3.63, 3.8) is 0 Å². The second-order valence-electron chi connectivity index (χ2n) is 11.7. The maximum absolute atomic E-state index is 13.3. The molecule has 2 N–H and O–H groups in total. The van der Waals surface area contributed by atoms with Gasteiger partial charge in [-0.05, 0) is 96.9 Å². The number of rotatable bonds is 17. The molecular formula is C38H40N2O9S. The number of carbonyl (C=O) groups excluding carboxylic acids is 3. The second kappa shape index (κ2) is 17.8. The second-order valence-corrected chi connectivity index (χ2v) is 13.7. The topological polar surface area (TPSA) is 156 Å². The maximum Gasteiger partial charge on any atom is 0.343 e. The van der Waals surface area contributed by atoms with Crippen LogP contribution in [0.3, 0.4) is 0 Å². The highest BCUT2D eigenvalue weighted by molar-refractivity contribution is 7.90. The van der Waals surface area contributed by atoms with Gasteiger partial charge in [-0.3, -0.25) is 14.4 Å². The summed E-state index contributed by atoms with van der Waals surface area (Å²) in [7, 11) is -3.40. The molecule has 0 heterocycles. The van der Waals surface area contributed by atoms with Gasteiger partial charge >= 0.3 is 11.9 Å². The number of hydrogen-bond acceptors (Lipinski definition) is 8. The number of unbranched alkanes of at least 4 members (excludes halogenated alkanes) is 4. The SMILES string of the molecule is CCCCCCCOc1ccc(C(=O)Oc2ccc(CN(CC(=O)O)C(=O)c3ccc(NC(=O)c4ccc(S(C)(=O)=O)cc4)cc3)cc2)cc1. The van der Waals surface area contributed by atoms with Gasteiger partial charge in [0.2, 0.25) is 0 Å². The number of benzene rings is 4. The smallest absolute Gasteiger partial charge is 0.343 e. The number of carbonyl (C=O) groups is 4. The summed E-state index contributed by atoms with van der Waals surface area (Å²) in [6.45, 7) is 2.21. The Labute approximate surface area is 291 Å². The third kappa shape index (κ3) is 11.3. The van der Waals surface area contributed by atoms with Crippen LogP contribution in [0.4, 0.5) is 5.69 Å². The Balaban J connectivity index is 1.32. The van der Waals surface area contributed by atoms with Crippen LogP contribution in [0.5, 0.6) is 11.5 Å². The van der Waals surface area contributed by atoms with Gasteiger partial charge in [-0.15, -0.1) is 0 Å². The number of amides is 2. The van der Waals surface area contributed by atoms with E-state index in [9.17, 15) is 32.7 Å². The number of nitrogens with zero attached hydrogens (tertiary/aromatic N) is 1. The zero-order valence-electron chi connectivity index (χ0n) is 28.0. The van der Waals surface area contributed by atoms with Crippen molar-refractivity contribution < 1.29 is 42.2 Å². The molecule has 11 nitrogen and oxygen atoms in total. The lowest BCUT2D eigenvalue weighted by atomic mass is 10.1. The zero-order chi connectivity index (χ0) is 36.1. The third-order valence-electron chi connectivity index (χ3n) is 7.66. The van der Waals surface area contributed by atoms with Crippen LogP contribution in [0.2, 0.25) is 0 Å². The van der Waals surface area contributed by atoms with E-state index < -0.39 is 40.1 Å². The van der Waals surface area contributed by atoms with Gasteiger partial charge in [0.05, 0.1) is 17.1 Å². The summed E-state index contributed by atoms with van der Waals surface area (Å²) in [4.78, 5) is 51.5. The molecule has 0 aromatic heterocycles. The van der Waals surface area contributed by atoms with E-state index in [2.05, 4.69) is 12.2 Å². The minimum absolute atomic E-state index is 0.0264. The first-order valence-electron chi connectivity index (χ1n) is 16.2. The Morgan fingerprint density at radius 2 is 1.30 bits per heavy atom. The van der Waals surface area contributed by atoms with E-state index in [0.717, 1.165) is 24.0 Å². The number of sulfone groups is 1. The molecule has 0 spiro atoms. The monoisotopic (exact) mass is 700 g/mol. The van der Waals surface area contributed by atoms with E-state index in [4.69, 9.17) is 9.47 Å². The van der Waals surface area contributed by atoms with Gasteiger partial charge in [0.1, 0.15) is 18.0 Å². The van der Waals surface area contributed by atoms with Crippen molar-refractivity contribution in [2.75, 3.05) is 24.7 Å². The Kier molecular flexibility index (Phi) is 13.3. The minimum Gasteiger partial charge on any atom is -0.494 e. The van der Waals surface area contributed by atoms with Crippen molar-refractivity contribution in [3.05, 3.63) is 119 Å². The molecule has 0 bridgehead atoms. The van der Waals surface area contributed by atoms with Crippen LogP contribution in [0.1, 0.15) is 75.7 Å². The lowest BCUT2D eigenvalue weighted by molar-refractivity contribution is -0.137. The molecule has 4 aromatic carbocycles. The van der Waals surface area contributed by atoms with Gasteiger partial charge in [0.15, 0.2) is 9.84 Å². The third-order valence-corrected chi connectivity index (χ3v) is 8.79. The molecule has 4 rings (SSSR count). The number of aliphatic carboxylic acids is 1. The number of carboxylic acid groups (broad SMARTS) is 1. The quantitative estimate of drug-likeness (QED) is 0.0701. The lowest BCUT2D eigenvalue weighted by Crippen LogP contribution is -2.35. The average Bonchev–Trinajstić information content (AvgIpc) is 3.10. The highest BCUT2D eigenvalue weighted by Crippen LogP contribution is 2.20. The molecule has 0 radical (unpaired) electrons. The first kappa shape index (κ1) is 37.3. The Morgan fingerprint density at radius 1 is 0.720 bits per heavy atom. The Hall–Kier alpha value is -5.49. The normalized spacial score (nSPS) is 11.0. The van der Waals surface area contributed by atoms with Crippen molar-refractivity contribution in [1.29, 1.82) is 0 Å². The van der Waals surface area contributed by atoms with E-state index in [1.807, 2.05) is 0 Å². The van der Waals surface area contributed by atoms with Gasteiger partial charge in [0, 0.05) is 29.6 Å². The summed E-state index contributed by atoms with van der Waals surface area (Å²) in [5, 5.41) is 12.2. The summed E-state index contributed by atoms with van der Waals surface area (Å²) in [5.74, 6) is -1.79. The van der Waals surface area contributed by atoms with Gasteiger partial charge in [0.25, 0.3) is 11.8 Å². The lowest BCUT2D eigenvalue weighted by Gasteiger charge is -2.21. The summed E-state index contributed by atoms with van der Waals surface area (Å²) in [5.41, 5.74) is 1.80. The summed E-state index contributed by atoms with van der Waals surface area (Å²) in [6.07, 6.45) is 6.78. The molecule has 50 heavy (non-hydrogen) atoms. The molecular weight excluding hydrogens is 660 g/mol. The Morgan fingerprint density at radius 3 is 1.90 bits per heavy atom. The van der Waals surface area contributed by atoms with Crippen LogP contribution in [0.15, 0.2) is 102 Å². The number of hydrogen-bond donors (Lipinski definition) is 2. The van der Waals surface area contributed by atoms with Crippen LogP contribution in [-0.2, 0) is 21.2 Å². The minimum atomic E-state index is -3.40. The van der Waals surface area contributed by atoms with E-state index in [1.54, 1.807) is 48.5 Å². The molecule has 0 saturated carbocycles. The molecule has 2 amide bonds. The fourth-order valence-corrected chi connectivity index (χ4v) is 5.56.